The lowest BCUT2D eigenvalue weighted by atomic mass is 10.1. The predicted octanol–water partition coefficient (Wildman–Crippen LogP) is 1.58. The minimum Gasteiger partial charge on any atom is -0.496 e. The SMILES string of the molecule is COC(=O)c1ccc(/C=C/C(=O)O)cc1OC. The highest BCUT2D eigenvalue weighted by Gasteiger charge is 2.12. The molecule has 0 unspecified atom stereocenters. The standard InChI is InChI=1S/C12H12O5/c1-16-10-7-8(4-6-11(13)14)3-5-9(10)12(15)17-2/h3-7H,1-2H3,(H,13,14)/b6-4+. The van der Waals surface area contributed by atoms with Gasteiger partial charge in [0.15, 0.2) is 0 Å². The summed E-state index contributed by atoms with van der Waals surface area (Å²) in [6, 6.07) is 4.69. The highest BCUT2D eigenvalue weighted by Crippen LogP contribution is 2.21. The van der Waals surface area contributed by atoms with Gasteiger partial charge in [0.1, 0.15) is 11.3 Å². The highest BCUT2D eigenvalue weighted by molar-refractivity contribution is 5.93. The average molecular weight is 236 g/mol. The molecule has 0 radical (unpaired) electrons. The summed E-state index contributed by atoms with van der Waals surface area (Å²) in [6.07, 6.45) is 2.42. The molecule has 1 aromatic rings. The van der Waals surface area contributed by atoms with Gasteiger partial charge in [-0.2, -0.15) is 0 Å². The van der Waals surface area contributed by atoms with Crippen LogP contribution in [0.1, 0.15) is 15.9 Å². The van der Waals surface area contributed by atoms with E-state index in [1.807, 2.05) is 0 Å². The number of benzene rings is 1. The molecule has 0 fully saturated rings. The summed E-state index contributed by atoms with van der Waals surface area (Å²) in [5, 5.41) is 8.49. The van der Waals surface area contributed by atoms with Gasteiger partial charge in [0.05, 0.1) is 14.2 Å². The molecule has 1 aromatic carbocycles. The van der Waals surface area contributed by atoms with Crippen molar-refractivity contribution in [3.8, 4) is 5.75 Å². The normalized spacial score (nSPS) is 10.2. The molecule has 0 atom stereocenters. The molecule has 5 nitrogen and oxygen atoms in total. The first-order chi connectivity index (χ1) is 8.08. The fourth-order valence-electron chi connectivity index (χ4n) is 1.26. The van der Waals surface area contributed by atoms with Crippen molar-refractivity contribution in [1.29, 1.82) is 0 Å². The number of hydrogen-bond acceptors (Lipinski definition) is 4. The summed E-state index contributed by atoms with van der Waals surface area (Å²) in [5.74, 6) is -1.21. The van der Waals surface area contributed by atoms with Gasteiger partial charge in [-0.3, -0.25) is 0 Å². The van der Waals surface area contributed by atoms with Crippen LogP contribution in [-0.2, 0) is 9.53 Å². The third-order valence-electron chi connectivity index (χ3n) is 2.05. The van der Waals surface area contributed by atoms with Crippen LogP contribution in [0.2, 0.25) is 0 Å². The molecule has 0 aromatic heterocycles. The third kappa shape index (κ3) is 3.34. The number of carboxylic acids is 1. The van der Waals surface area contributed by atoms with Gasteiger partial charge < -0.3 is 14.6 Å². The van der Waals surface area contributed by atoms with E-state index in [1.165, 1.54) is 26.4 Å². The lowest BCUT2D eigenvalue weighted by Crippen LogP contribution is -2.04. The minimum atomic E-state index is -1.04. The van der Waals surface area contributed by atoms with Crippen LogP contribution in [0.5, 0.6) is 5.75 Å². The Labute approximate surface area is 98.3 Å². The summed E-state index contributed by atoms with van der Waals surface area (Å²) in [5.41, 5.74) is 0.916. The molecular weight excluding hydrogens is 224 g/mol. The fraction of sp³-hybridized carbons (Fsp3) is 0.167. The van der Waals surface area contributed by atoms with Crippen LogP contribution in [-0.4, -0.2) is 31.3 Å². The zero-order valence-electron chi connectivity index (χ0n) is 9.47. The minimum absolute atomic E-state index is 0.294. The molecule has 1 N–H and O–H groups in total. The van der Waals surface area contributed by atoms with Crippen molar-refractivity contribution >= 4 is 18.0 Å². The van der Waals surface area contributed by atoms with E-state index in [9.17, 15) is 9.59 Å². The lowest BCUT2D eigenvalue weighted by Gasteiger charge is -2.07. The van der Waals surface area contributed by atoms with E-state index in [0.717, 1.165) is 6.08 Å². The zero-order chi connectivity index (χ0) is 12.8. The topological polar surface area (TPSA) is 72.8 Å². The number of methoxy groups -OCH3 is 2. The summed E-state index contributed by atoms with van der Waals surface area (Å²) in [6.45, 7) is 0. The number of hydrogen-bond donors (Lipinski definition) is 1. The first kappa shape index (κ1) is 12.8. The maximum absolute atomic E-state index is 11.4. The molecular formula is C12H12O5. The highest BCUT2D eigenvalue weighted by atomic mass is 16.5. The Hall–Kier alpha value is -2.30. The molecule has 0 spiro atoms. The van der Waals surface area contributed by atoms with Crippen molar-refractivity contribution in [2.45, 2.75) is 0 Å². The van der Waals surface area contributed by atoms with Crippen LogP contribution in [0.4, 0.5) is 0 Å². The van der Waals surface area contributed by atoms with Gasteiger partial charge in [-0.1, -0.05) is 6.07 Å². The molecule has 0 saturated carbocycles. The average Bonchev–Trinajstić information content (AvgIpc) is 2.34. The van der Waals surface area contributed by atoms with E-state index in [-0.39, 0.29) is 0 Å². The fourth-order valence-corrected chi connectivity index (χ4v) is 1.26. The molecule has 0 aliphatic heterocycles. The van der Waals surface area contributed by atoms with Gasteiger partial charge in [-0.25, -0.2) is 9.59 Å². The van der Waals surface area contributed by atoms with E-state index in [2.05, 4.69) is 4.74 Å². The summed E-state index contributed by atoms with van der Waals surface area (Å²) in [4.78, 5) is 21.7. The number of esters is 1. The second-order valence-corrected chi connectivity index (χ2v) is 3.12. The predicted molar refractivity (Wildman–Crippen MR) is 61.0 cm³/mol. The maximum Gasteiger partial charge on any atom is 0.341 e. The largest absolute Gasteiger partial charge is 0.496 e. The lowest BCUT2D eigenvalue weighted by molar-refractivity contribution is -0.131. The number of carbonyl (C=O) groups is 2. The second kappa shape index (κ2) is 5.69. The van der Waals surface area contributed by atoms with Gasteiger partial charge in [0.2, 0.25) is 0 Å². The summed E-state index contributed by atoms with van der Waals surface area (Å²) in [7, 11) is 2.70. The van der Waals surface area contributed by atoms with Gasteiger partial charge in [-0.15, -0.1) is 0 Å². The van der Waals surface area contributed by atoms with Crippen molar-refractivity contribution in [1.82, 2.24) is 0 Å². The maximum atomic E-state index is 11.4. The Morgan fingerprint density at radius 3 is 2.53 bits per heavy atom. The van der Waals surface area contributed by atoms with Crippen LogP contribution in [0.3, 0.4) is 0 Å². The van der Waals surface area contributed by atoms with Crippen LogP contribution >= 0.6 is 0 Å². The number of ether oxygens (including phenoxy) is 2. The smallest absolute Gasteiger partial charge is 0.341 e. The number of carbonyl (C=O) groups excluding carboxylic acids is 1. The van der Waals surface area contributed by atoms with Gasteiger partial charge in [0.25, 0.3) is 0 Å². The Bertz CT molecular complexity index is 462. The monoisotopic (exact) mass is 236 g/mol. The molecule has 0 bridgehead atoms. The zero-order valence-corrected chi connectivity index (χ0v) is 9.47. The van der Waals surface area contributed by atoms with Crippen LogP contribution in [0, 0.1) is 0 Å². The Morgan fingerprint density at radius 2 is 2.00 bits per heavy atom. The quantitative estimate of drug-likeness (QED) is 0.634. The molecule has 90 valence electrons. The third-order valence-corrected chi connectivity index (χ3v) is 2.05. The number of carboxylic acid groups (broad SMARTS) is 1. The van der Waals surface area contributed by atoms with Gasteiger partial charge in [0, 0.05) is 6.08 Å². The molecule has 0 saturated heterocycles. The van der Waals surface area contributed by atoms with Crippen molar-refractivity contribution in [3.05, 3.63) is 35.4 Å². The van der Waals surface area contributed by atoms with Crippen LogP contribution in [0.25, 0.3) is 6.08 Å². The molecule has 0 aliphatic rings. The van der Waals surface area contributed by atoms with Crippen molar-refractivity contribution in [3.63, 3.8) is 0 Å². The molecule has 0 heterocycles. The Morgan fingerprint density at radius 1 is 1.29 bits per heavy atom. The van der Waals surface area contributed by atoms with Gasteiger partial charge in [-0.05, 0) is 23.8 Å². The molecule has 1 rings (SSSR count). The van der Waals surface area contributed by atoms with E-state index in [0.29, 0.717) is 16.9 Å². The van der Waals surface area contributed by atoms with Crippen LogP contribution in [0.15, 0.2) is 24.3 Å². The number of aliphatic carboxylic acids is 1. The van der Waals surface area contributed by atoms with E-state index in [4.69, 9.17) is 9.84 Å². The van der Waals surface area contributed by atoms with Crippen molar-refractivity contribution in [2.75, 3.05) is 14.2 Å². The van der Waals surface area contributed by atoms with E-state index < -0.39 is 11.9 Å². The molecule has 0 aliphatic carbocycles. The number of rotatable bonds is 4. The van der Waals surface area contributed by atoms with Crippen LogP contribution < -0.4 is 4.74 Å². The van der Waals surface area contributed by atoms with E-state index >= 15 is 0 Å². The molecule has 5 heteroatoms. The first-order valence-electron chi connectivity index (χ1n) is 4.76. The first-order valence-corrected chi connectivity index (χ1v) is 4.76. The van der Waals surface area contributed by atoms with E-state index in [1.54, 1.807) is 12.1 Å². The van der Waals surface area contributed by atoms with Crippen molar-refractivity contribution < 1.29 is 24.2 Å². The summed E-state index contributed by atoms with van der Waals surface area (Å²) < 4.78 is 9.62. The molecule has 17 heavy (non-hydrogen) atoms. The van der Waals surface area contributed by atoms with Gasteiger partial charge >= 0.3 is 11.9 Å². The van der Waals surface area contributed by atoms with Crippen molar-refractivity contribution in [2.24, 2.45) is 0 Å². The second-order valence-electron chi connectivity index (χ2n) is 3.12. The Kier molecular flexibility index (Phi) is 4.28. The summed E-state index contributed by atoms with van der Waals surface area (Å²) >= 11 is 0. The molecule has 0 amide bonds. The Balaban J connectivity index is 3.08.